The van der Waals surface area contributed by atoms with Gasteiger partial charge in [0.15, 0.2) is 0 Å². The molecule has 2 heterocycles. The predicted octanol–water partition coefficient (Wildman–Crippen LogP) is 4.72. The van der Waals surface area contributed by atoms with E-state index in [0.717, 1.165) is 22.4 Å². The molecule has 32 heavy (non-hydrogen) atoms. The molecule has 6 heteroatoms. The fourth-order valence-corrected chi connectivity index (χ4v) is 3.71. The van der Waals surface area contributed by atoms with Crippen LogP contribution >= 0.6 is 0 Å². The molecule has 1 aliphatic heterocycles. The molecule has 1 saturated heterocycles. The van der Waals surface area contributed by atoms with Gasteiger partial charge in [-0.25, -0.2) is 9.69 Å². The third-order valence-electron chi connectivity index (χ3n) is 5.79. The number of benzene rings is 2. The summed E-state index contributed by atoms with van der Waals surface area (Å²) in [7, 11) is 0. The average Bonchev–Trinajstić information content (AvgIpc) is 3.23. The Morgan fingerprint density at radius 3 is 2.34 bits per heavy atom. The Kier molecular flexibility index (Phi) is 6.03. The fraction of sp³-hybridized carbons (Fsp3) is 0.192. The van der Waals surface area contributed by atoms with E-state index >= 15 is 0 Å². The summed E-state index contributed by atoms with van der Waals surface area (Å²) >= 11 is 0. The van der Waals surface area contributed by atoms with E-state index in [4.69, 9.17) is 0 Å². The van der Waals surface area contributed by atoms with E-state index in [1.165, 1.54) is 6.08 Å². The first-order valence-corrected chi connectivity index (χ1v) is 10.7. The van der Waals surface area contributed by atoms with Gasteiger partial charge in [0.2, 0.25) is 0 Å². The average molecular weight is 428 g/mol. The number of imide groups is 2. The number of nitrogens with zero attached hydrogens (tertiary/aromatic N) is 2. The zero-order valence-corrected chi connectivity index (χ0v) is 18.1. The van der Waals surface area contributed by atoms with Crippen LogP contribution in [-0.2, 0) is 16.1 Å². The van der Waals surface area contributed by atoms with E-state index < -0.39 is 17.8 Å². The van der Waals surface area contributed by atoms with Crippen LogP contribution < -0.4 is 10.2 Å². The Morgan fingerprint density at radius 2 is 1.66 bits per heavy atom. The van der Waals surface area contributed by atoms with E-state index in [1.54, 1.807) is 12.1 Å². The lowest BCUT2D eigenvalue weighted by molar-refractivity contribution is -0.122. The Morgan fingerprint density at radius 1 is 0.938 bits per heavy atom. The number of anilines is 1. The van der Waals surface area contributed by atoms with Gasteiger partial charge in [-0.2, -0.15) is 0 Å². The first-order chi connectivity index (χ1) is 15.5. The molecule has 6 nitrogen and oxygen atoms in total. The molecule has 3 aromatic rings. The number of nitrogens with one attached hydrogen (secondary N) is 1. The molecule has 0 aliphatic carbocycles. The molecule has 162 valence electrons. The van der Waals surface area contributed by atoms with Gasteiger partial charge in [0.25, 0.3) is 11.8 Å². The first kappa shape index (κ1) is 21.3. The highest BCUT2D eigenvalue weighted by molar-refractivity contribution is 6.39. The number of urea groups is 1. The van der Waals surface area contributed by atoms with Crippen molar-refractivity contribution in [2.24, 2.45) is 0 Å². The quantitative estimate of drug-likeness (QED) is 0.457. The zero-order valence-electron chi connectivity index (χ0n) is 18.1. The standard InChI is InChI=1S/C26H25N3O3/c1-3-18(2)20-11-13-21(14-12-20)29-25(31)23(24(30)27-26(29)32)16-22-10-7-15-28(22)17-19-8-5-4-6-9-19/h4-16,18H,3,17H2,1-2H3,(H,27,30,32)/b23-16+/t18-/m0/s1. The van der Waals surface area contributed by atoms with Crippen molar-refractivity contribution in [3.63, 3.8) is 0 Å². The number of hydrogen-bond acceptors (Lipinski definition) is 3. The SMILES string of the molecule is CC[C@H](C)c1ccc(N2C(=O)NC(=O)/C(=C\c3cccn3Cc3ccccc3)C2=O)cc1. The molecule has 1 aromatic heterocycles. The second-order valence-corrected chi connectivity index (χ2v) is 7.91. The Hall–Kier alpha value is -3.93. The third-order valence-corrected chi connectivity index (χ3v) is 5.79. The van der Waals surface area contributed by atoms with E-state index in [0.29, 0.717) is 23.8 Å². The van der Waals surface area contributed by atoms with E-state index in [2.05, 4.69) is 19.2 Å². The maximum absolute atomic E-state index is 13.2. The Labute approximate surface area is 187 Å². The predicted molar refractivity (Wildman–Crippen MR) is 124 cm³/mol. The van der Waals surface area contributed by atoms with Crippen LogP contribution in [-0.4, -0.2) is 22.4 Å². The van der Waals surface area contributed by atoms with Crippen LogP contribution in [0.4, 0.5) is 10.5 Å². The van der Waals surface area contributed by atoms with Gasteiger partial charge in [0.1, 0.15) is 5.57 Å². The van der Waals surface area contributed by atoms with Crippen molar-refractivity contribution in [3.05, 3.63) is 95.3 Å². The molecular weight excluding hydrogens is 402 g/mol. The second-order valence-electron chi connectivity index (χ2n) is 7.91. The highest BCUT2D eigenvalue weighted by Crippen LogP contribution is 2.25. The lowest BCUT2D eigenvalue weighted by Gasteiger charge is -2.26. The Balaban J connectivity index is 1.63. The van der Waals surface area contributed by atoms with Gasteiger partial charge in [-0.1, -0.05) is 56.3 Å². The number of carbonyl (C=O) groups is 3. The van der Waals surface area contributed by atoms with Gasteiger partial charge in [0, 0.05) is 18.4 Å². The van der Waals surface area contributed by atoms with Crippen LogP contribution in [0.5, 0.6) is 0 Å². The van der Waals surface area contributed by atoms with Crippen molar-refractivity contribution in [1.82, 2.24) is 9.88 Å². The van der Waals surface area contributed by atoms with Crippen LogP contribution in [0.3, 0.4) is 0 Å². The summed E-state index contributed by atoms with van der Waals surface area (Å²) in [4.78, 5) is 39.2. The molecule has 1 fully saturated rings. The van der Waals surface area contributed by atoms with Gasteiger partial charge in [0.05, 0.1) is 5.69 Å². The molecule has 1 atom stereocenters. The molecule has 0 bridgehead atoms. The van der Waals surface area contributed by atoms with E-state index in [1.807, 2.05) is 65.4 Å². The van der Waals surface area contributed by atoms with Crippen molar-refractivity contribution in [2.45, 2.75) is 32.7 Å². The molecule has 4 rings (SSSR count). The minimum absolute atomic E-state index is 0.0800. The van der Waals surface area contributed by atoms with Crippen LogP contribution in [0.1, 0.15) is 43.0 Å². The number of carbonyl (C=O) groups excluding carboxylic acids is 3. The summed E-state index contributed by atoms with van der Waals surface area (Å²) in [6.45, 7) is 4.83. The van der Waals surface area contributed by atoms with Gasteiger partial charge < -0.3 is 4.57 Å². The van der Waals surface area contributed by atoms with Crippen molar-refractivity contribution in [1.29, 1.82) is 0 Å². The maximum Gasteiger partial charge on any atom is 0.335 e. The number of aromatic nitrogens is 1. The summed E-state index contributed by atoms with van der Waals surface area (Å²) in [6, 6.07) is 20.2. The number of hydrogen-bond donors (Lipinski definition) is 1. The van der Waals surface area contributed by atoms with Crippen LogP contribution in [0.2, 0.25) is 0 Å². The van der Waals surface area contributed by atoms with Crippen molar-refractivity contribution in [3.8, 4) is 0 Å². The number of barbiturate groups is 1. The molecule has 0 unspecified atom stereocenters. The van der Waals surface area contributed by atoms with Crippen LogP contribution in [0, 0.1) is 0 Å². The summed E-state index contributed by atoms with van der Waals surface area (Å²) in [6.07, 6.45) is 4.42. The molecule has 0 radical (unpaired) electrons. The normalized spacial score (nSPS) is 16.4. The lowest BCUT2D eigenvalue weighted by Crippen LogP contribution is -2.54. The first-order valence-electron chi connectivity index (χ1n) is 10.7. The van der Waals surface area contributed by atoms with E-state index in [-0.39, 0.29) is 5.57 Å². The van der Waals surface area contributed by atoms with E-state index in [9.17, 15) is 14.4 Å². The highest BCUT2D eigenvalue weighted by atomic mass is 16.2. The summed E-state index contributed by atoms with van der Waals surface area (Å²) in [5, 5.41) is 2.29. The minimum atomic E-state index is -0.742. The highest BCUT2D eigenvalue weighted by Gasteiger charge is 2.37. The van der Waals surface area contributed by atoms with Crippen molar-refractivity contribution >= 4 is 29.6 Å². The van der Waals surface area contributed by atoms with Gasteiger partial charge >= 0.3 is 6.03 Å². The fourth-order valence-electron chi connectivity index (χ4n) is 3.71. The second kappa shape index (κ2) is 9.06. The topological polar surface area (TPSA) is 71.4 Å². The molecule has 4 amide bonds. The number of amides is 4. The minimum Gasteiger partial charge on any atom is -0.344 e. The van der Waals surface area contributed by atoms with Crippen LogP contribution in [0.25, 0.3) is 6.08 Å². The van der Waals surface area contributed by atoms with Crippen LogP contribution in [0.15, 0.2) is 78.5 Å². The van der Waals surface area contributed by atoms with Gasteiger partial charge in [-0.15, -0.1) is 0 Å². The lowest BCUT2D eigenvalue weighted by atomic mass is 9.98. The largest absolute Gasteiger partial charge is 0.344 e. The summed E-state index contributed by atoms with van der Waals surface area (Å²) in [5.74, 6) is -0.952. The molecule has 2 aromatic carbocycles. The van der Waals surface area contributed by atoms with Gasteiger partial charge in [-0.3, -0.25) is 14.9 Å². The van der Waals surface area contributed by atoms with Gasteiger partial charge in [-0.05, 0) is 53.8 Å². The molecule has 1 N–H and O–H groups in total. The molecule has 0 spiro atoms. The molecular formula is C26H25N3O3. The third kappa shape index (κ3) is 4.25. The molecule has 1 aliphatic rings. The smallest absolute Gasteiger partial charge is 0.335 e. The maximum atomic E-state index is 13.2. The summed E-state index contributed by atoms with van der Waals surface area (Å²) < 4.78 is 1.95. The monoisotopic (exact) mass is 427 g/mol. The zero-order chi connectivity index (χ0) is 22.7. The van der Waals surface area contributed by atoms with Crippen molar-refractivity contribution < 1.29 is 14.4 Å². The Bertz CT molecular complexity index is 1180. The van der Waals surface area contributed by atoms with Crippen molar-refractivity contribution in [2.75, 3.05) is 4.90 Å². The summed E-state index contributed by atoms with van der Waals surface area (Å²) in [5.41, 5.74) is 3.28. The number of rotatable bonds is 6. The molecule has 0 saturated carbocycles.